The zero-order chi connectivity index (χ0) is 17.6. The van der Waals surface area contributed by atoms with Crippen LogP contribution in [0.15, 0.2) is 54.1 Å². The zero-order valence-electron chi connectivity index (χ0n) is 14.1. The highest BCUT2D eigenvalue weighted by molar-refractivity contribution is 6.30. The van der Waals surface area contributed by atoms with Gasteiger partial charge < -0.3 is 0 Å². The Morgan fingerprint density at radius 1 is 1.04 bits per heavy atom. The number of hydrogen-bond acceptors (Lipinski definition) is 2. The molecule has 0 spiro atoms. The number of halogens is 1. The number of hydrogen-bond donors (Lipinski definition) is 0. The predicted octanol–water partition coefficient (Wildman–Crippen LogP) is 5.14. The minimum atomic E-state index is -0.630. The fraction of sp³-hybridized carbons (Fsp3) is 0.273. The van der Waals surface area contributed by atoms with Crippen molar-refractivity contribution in [2.75, 3.05) is 0 Å². The van der Waals surface area contributed by atoms with E-state index in [2.05, 4.69) is 13.0 Å². The van der Waals surface area contributed by atoms with Gasteiger partial charge in [0.1, 0.15) is 5.92 Å². The summed E-state index contributed by atoms with van der Waals surface area (Å²) in [6.45, 7) is 2.06. The average Bonchev–Trinajstić information content (AvgIpc) is 3.08. The van der Waals surface area contributed by atoms with E-state index in [1.54, 1.807) is 0 Å². The molecule has 2 aliphatic carbocycles. The molecule has 2 aromatic rings. The molecule has 0 radical (unpaired) electrons. The predicted molar refractivity (Wildman–Crippen MR) is 99.8 cm³/mol. The average molecular weight is 351 g/mol. The van der Waals surface area contributed by atoms with E-state index in [0.29, 0.717) is 11.4 Å². The quantitative estimate of drug-likeness (QED) is 0.718. The van der Waals surface area contributed by atoms with Gasteiger partial charge in [-0.2, -0.15) is 0 Å². The van der Waals surface area contributed by atoms with Gasteiger partial charge in [0.05, 0.1) is 0 Å². The Bertz CT molecular complexity index is 893. The highest BCUT2D eigenvalue weighted by Gasteiger charge is 2.43. The van der Waals surface area contributed by atoms with Crippen molar-refractivity contribution < 1.29 is 9.59 Å². The van der Waals surface area contributed by atoms with Crippen molar-refractivity contribution in [3.63, 3.8) is 0 Å². The molecule has 25 heavy (non-hydrogen) atoms. The van der Waals surface area contributed by atoms with Crippen LogP contribution in [0.3, 0.4) is 0 Å². The second kappa shape index (κ2) is 6.27. The lowest BCUT2D eigenvalue weighted by Gasteiger charge is -2.26. The van der Waals surface area contributed by atoms with Gasteiger partial charge in [-0.1, -0.05) is 48.9 Å². The fourth-order valence-electron chi connectivity index (χ4n) is 3.99. The summed E-state index contributed by atoms with van der Waals surface area (Å²) >= 11 is 5.98. The molecule has 2 nitrogen and oxygen atoms in total. The molecule has 2 bridgehead atoms. The van der Waals surface area contributed by atoms with E-state index in [9.17, 15) is 9.59 Å². The highest BCUT2D eigenvalue weighted by atomic mass is 35.5. The van der Waals surface area contributed by atoms with Crippen molar-refractivity contribution in [1.29, 1.82) is 0 Å². The third-order valence-corrected chi connectivity index (χ3v) is 5.65. The standard InChI is InChI=1S/C22H19ClO2/c1-2-13-3-4-15(14-7-9-18(23)10-8-14)12-19(13)20-21(24)16-5-6-17(11-16)22(20)25/h3-5,7-10,12,17,20H,2,6,11H2,1H3. The number of benzene rings is 2. The van der Waals surface area contributed by atoms with Crippen LogP contribution in [0.5, 0.6) is 0 Å². The highest BCUT2D eigenvalue weighted by Crippen LogP contribution is 2.42. The van der Waals surface area contributed by atoms with Crippen molar-refractivity contribution in [1.82, 2.24) is 0 Å². The molecule has 2 aliphatic rings. The number of carbonyl (C=O) groups excluding carboxylic acids is 2. The molecule has 2 atom stereocenters. The molecule has 1 fully saturated rings. The van der Waals surface area contributed by atoms with Gasteiger partial charge in [0.25, 0.3) is 0 Å². The first-order chi connectivity index (χ1) is 12.1. The number of rotatable bonds is 3. The van der Waals surface area contributed by atoms with Gasteiger partial charge in [-0.15, -0.1) is 0 Å². The summed E-state index contributed by atoms with van der Waals surface area (Å²) in [4.78, 5) is 25.7. The van der Waals surface area contributed by atoms with E-state index in [0.717, 1.165) is 40.7 Å². The van der Waals surface area contributed by atoms with Gasteiger partial charge >= 0.3 is 0 Å². The molecular formula is C22H19ClO2. The maximum Gasteiger partial charge on any atom is 0.173 e. The summed E-state index contributed by atoms with van der Waals surface area (Å²) in [5.74, 6) is -0.552. The third-order valence-electron chi connectivity index (χ3n) is 5.40. The van der Waals surface area contributed by atoms with Crippen molar-refractivity contribution >= 4 is 23.2 Å². The van der Waals surface area contributed by atoms with Gasteiger partial charge in [-0.25, -0.2) is 0 Å². The van der Waals surface area contributed by atoms with Crippen LogP contribution >= 0.6 is 11.6 Å². The first kappa shape index (κ1) is 16.3. The van der Waals surface area contributed by atoms with Gasteiger partial charge in [0.2, 0.25) is 0 Å². The Balaban J connectivity index is 1.81. The van der Waals surface area contributed by atoms with Gasteiger partial charge in [0.15, 0.2) is 11.6 Å². The van der Waals surface area contributed by atoms with Crippen LogP contribution in [0, 0.1) is 5.92 Å². The lowest BCUT2D eigenvalue weighted by molar-refractivity contribution is -0.131. The second-order valence-electron chi connectivity index (χ2n) is 6.84. The minimum Gasteiger partial charge on any atom is -0.298 e. The summed E-state index contributed by atoms with van der Waals surface area (Å²) in [6.07, 6.45) is 4.11. The molecule has 2 unspecified atom stereocenters. The maximum atomic E-state index is 12.9. The van der Waals surface area contributed by atoms with Gasteiger partial charge in [-0.3, -0.25) is 9.59 Å². The smallest absolute Gasteiger partial charge is 0.173 e. The van der Waals surface area contributed by atoms with E-state index in [4.69, 9.17) is 11.6 Å². The fourth-order valence-corrected chi connectivity index (χ4v) is 4.11. The molecule has 0 amide bonds. The number of aryl methyl sites for hydroxylation is 1. The normalized spacial score (nSPS) is 22.2. The van der Waals surface area contributed by atoms with Crippen LogP contribution in [0.4, 0.5) is 0 Å². The molecule has 126 valence electrons. The first-order valence-corrected chi connectivity index (χ1v) is 9.12. The Hall–Kier alpha value is -2.19. The van der Waals surface area contributed by atoms with Crippen molar-refractivity contribution in [3.05, 3.63) is 70.3 Å². The Morgan fingerprint density at radius 3 is 2.48 bits per heavy atom. The molecular weight excluding hydrogens is 332 g/mol. The number of fused-ring (bicyclic) bond motifs is 2. The number of carbonyl (C=O) groups is 2. The van der Waals surface area contributed by atoms with Gasteiger partial charge in [0, 0.05) is 10.9 Å². The maximum absolute atomic E-state index is 12.9. The van der Waals surface area contributed by atoms with Crippen molar-refractivity contribution in [3.8, 4) is 11.1 Å². The van der Waals surface area contributed by atoms with Gasteiger partial charge in [-0.05, 0) is 65.3 Å². The topological polar surface area (TPSA) is 34.1 Å². The third kappa shape index (κ3) is 2.75. The summed E-state index contributed by atoms with van der Waals surface area (Å²) in [5.41, 5.74) is 4.84. The van der Waals surface area contributed by atoms with Crippen LogP contribution in [-0.2, 0) is 16.0 Å². The Kier molecular flexibility index (Phi) is 4.09. The Morgan fingerprint density at radius 2 is 1.76 bits per heavy atom. The molecule has 3 heteroatoms. The van der Waals surface area contributed by atoms with Crippen molar-refractivity contribution in [2.24, 2.45) is 5.92 Å². The van der Waals surface area contributed by atoms with Crippen LogP contribution < -0.4 is 0 Å². The number of Topliss-reactive ketones (excluding diaryl/α,β-unsaturated/α-hetero) is 2. The van der Waals surface area contributed by atoms with E-state index < -0.39 is 5.92 Å². The van der Waals surface area contributed by atoms with Crippen LogP contribution in [0.25, 0.3) is 11.1 Å². The minimum absolute atomic E-state index is 0.00158. The van der Waals surface area contributed by atoms with E-state index in [1.807, 2.05) is 42.5 Å². The van der Waals surface area contributed by atoms with E-state index in [-0.39, 0.29) is 17.5 Å². The molecule has 1 saturated carbocycles. The van der Waals surface area contributed by atoms with Crippen LogP contribution in [-0.4, -0.2) is 11.6 Å². The molecule has 2 aromatic carbocycles. The zero-order valence-corrected chi connectivity index (χ0v) is 14.8. The number of allylic oxidation sites excluding steroid dienone is 2. The summed E-state index contributed by atoms with van der Waals surface area (Å²) in [5, 5.41) is 0.690. The summed E-state index contributed by atoms with van der Waals surface area (Å²) in [6, 6.07) is 13.8. The van der Waals surface area contributed by atoms with Crippen molar-refractivity contribution in [2.45, 2.75) is 32.1 Å². The van der Waals surface area contributed by atoms with E-state index >= 15 is 0 Å². The lowest BCUT2D eigenvalue weighted by Crippen LogP contribution is -2.33. The molecule has 0 saturated heterocycles. The molecule has 4 rings (SSSR count). The SMILES string of the molecule is CCc1ccc(-c2ccc(Cl)cc2)cc1C1C(=O)C2=CCC(C2)C1=O. The second-order valence-corrected chi connectivity index (χ2v) is 7.28. The molecule has 0 aromatic heterocycles. The largest absolute Gasteiger partial charge is 0.298 e. The summed E-state index contributed by atoms with van der Waals surface area (Å²) in [7, 11) is 0. The lowest BCUT2D eigenvalue weighted by atomic mass is 9.74. The van der Waals surface area contributed by atoms with Crippen LogP contribution in [0.2, 0.25) is 5.02 Å². The van der Waals surface area contributed by atoms with E-state index in [1.165, 1.54) is 0 Å². The first-order valence-electron chi connectivity index (χ1n) is 8.74. The summed E-state index contributed by atoms with van der Waals surface area (Å²) < 4.78 is 0. The monoisotopic (exact) mass is 350 g/mol. The molecule has 0 N–H and O–H groups in total. The Labute approximate surface area is 152 Å². The molecule has 0 heterocycles. The molecule has 0 aliphatic heterocycles. The van der Waals surface area contributed by atoms with Crippen LogP contribution in [0.1, 0.15) is 36.8 Å². The number of ketones is 2.